The molecular formula is C17H24N6. The first kappa shape index (κ1) is 14.6. The van der Waals surface area contributed by atoms with E-state index < -0.39 is 0 Å². The van der Waals surface area contributed by atoms with Crippen LogP contribution in [0.2, 0.25) is 0 Å². The molecule has 1 aliphatic carbocycles. The molecule has 2 aliphatic rings. The number of nitrogens with zero attached hydrogens (tertiary/aromatic N) is 4. The molecule has 1 saturated carbocycles. The number of rotatable bonds is 3. The monoisotopic (exact) mass is 312 g/mol. The van der Waals surface area contributed by atoms with Crippen LogP contribution in [0.5, 0.6) is 0 Å². The van der Waals surface area contributed by atoms with Gasteiger partial charge in [-0.05, 0) is 68.8 Å². The molecule has 1 aliphatic heterocycles. The quantitative estimate of drug-likeness (QED) is 0.909. The molecule has 0 aromatic carbocycles. The number of hydrogen-bond acceptors (Lipinski definition) is 5. The van der Waals surface area contributed by atoms with Gasteiger partial charge in [0.25, 0.3) is 0 Å². The van der Waals surface area contributed by atoms with Crippen LogP contribution in [0.15, 0.2) is 18.3 Å². The molecule has 2 aromatic heterocycles. The van der Waals surface area contributed by atoms with E-state index in [0.717, 1.165) is 22.8 Å². The highest BCUT2D eigenvalue weighted by Gasteiger charge is 2.44. The Hall–Kier alpha value is -1.95. The van der Waals surface area contributed by atoms with Crippen molar-refractivity contribution in [2.24, 2.45) is 12.5 Å². The van der Waals surface area contributed by atoms with Gasteiger partial charge >= 0.3 is 0 Å². The number of aryl methyl sites for hydroxylation is 2. The third-order valence-electron chi connectivity index (χ3n) is 5.40. The van der Waals surface area contributed by atoms with Crippen LogP contribution in [0, 0.1) is 12.3 Å². The Morgan fingerprint density at radius 2 is 2.00 bits per heavy atom. The van der Waals surface area contributed by atoms with Crippen LogP contribution in [-0.2, 0) is 7.05 Å². The second-order valence-electron chi connectivity index (χ2n) is 7.10. The maximum Gasteiger partial charge on any atom is 0.148 e. The summed E-state index contributed by atoms with van der Waals surface area (Å²) in [4.78, 5) is 0. The molecule has 0 atom stereocenters. The third-order valence-corrected chi connectivity index (χ3v) is 5.40. The zero-order valence-corrected chi connectivity index (χ0v) is 13.8. The minimum atomic E-state index is 0.548. The van der Waals surface area contributed by atoms with Crippen molar-refractivity contribution >= 4 is 5.82 Å². The van der Waals surface area contributed by atoms with Gasteiger partial charge in [-0.1, -0.05) is 0 Å². The zero-order valence-electron chi connectivity index (χ0n) is 13.8. The van der Waals surface area contributed by atoms with E-state index in [0.29, 0.717) is 11.5 Å². The summed E-state index contributed by atoms with van der Waals surface area (Å²) in [5.41, 5.74) is 3.61. The molecule has 0 amide bonds. The largest absolute Gasteiger partial charge is 0.366 e. The zero-order chi connectivity index (χ0) is 15.9. The fourth-order valence-corrected chi connectivity index (χ4v) is 4.11. The van der Waals surface area contributed by atoms with Crippen molar-refractivity contribution in [3.8, 4) is 11.4 Å². The summed E-state index contributed by atoms with van der Waals surface area (Å²) in [6.07, 6.45) is 7.01. The SMILES string of the molecule is Cc1cnn(C)c1-c1ccc(NC2CC3(CCNCC3)C2)nn1. The molecule has 1 spiro atoms. The highest BCUT2D eigenvalue weighted by Crippen LogP contribution is 2.48. The normalized spacial score (nSPS) is 20.4. The van der Waals surface area contributed by atoms with Gasteiger partial charge in [0.05, 0.1) is 11.9 Å². The van der Waals surface area contributed by atoms with Crippen LogP contribution in [-0.4, -0.2) is 39.1 Å². The molecule has 3 heterocycles. The first-order valence-corrected chi connectivity index (χ1v) is 8.45. The summed E-state index contributed by atoms with van der Waals surface area (Å²) < 4.78 is 1.85. The van der Waals surface area contributed by atoms with E-state index >= 15 is 0 Å². The van der Waals surface area contributed by atoms with Crippen LogP contribution in [0.25, 0.3) is 11.4 Å². The molecule has 2 N–H and O–H groups in total. The average Bonchev–Trinajstić information content (AvgIpc) is 2.87. The van der Waals surface area contributed by atoms with Gasteiger partial charge in [-0.3, -0.25) is 4.68 Å². The molecule has 122 valence electrons. The summed E-state index contributed by atoms with van der Waals surface area (Å²) in [7, 11) is 1.93. The number of hydrogen-bond donors (Lipinski definition) is 2. The Bertz CT molecular complexity index is 656. The first-order chi connectivity index (χ1) is 11.2. The van der Waals surface area contributed by atoms with Gasteiger partial charge in [0, 0.05) is 13.1 Å². The van der Waals surface area contributed by atoms with Crippen molar-refractivity contribution < 1.29 is 0 Å². The predicted octanol–water partition coefficient (Wildman–Crippen LogP) is 2.13. The van der Waals surface area contributed by atoms with Crippen molar-refractivity contribution in [3.05, 3.63) is 23.9 Å². The van der Waals surface area contributed by atoms with Gasteiger partial charge in [-0.2, -0.15) is 5.10 Å². The summed E-state index contributed by atoms with van der Waals surface area (Å²) in [6.45, 7) is 4.39. The maximum absolute atomic E-state index is 4.37. The fourth-order valence-electron chi connectivity index (χ4n) is 4.11. The molecule has 6 heteroatoms. The van der Waals surface area contributed by atoms with Crippen molar-refractivity contribution in [1.29, 1.82) is 0 Å². The number of aromatic nitrogens is 4. The van der Waals surface area contributed by atoms with E-state index in [1.807, 2.05) is 37.0 Å². The predicted molar refractivity (Wildman–Crippen MR) is 90.2 cm³/mol. The molecule has 1 saturated heterocycles. The Labute approximate surface area is 136 Å². The molecule has 0 radical (unpaired) electrons. The summed E-state index contributed by atoms with van der Waals surface area (Å²) in [5, 5.41) is 20.0. The van der Waals surface area contributed by atoms with Crippen molar-refractivity contribution in [2.75, 3.05) is 18.4 Å². The highest BCUT2D eigenvalue weighted by atomic mass is 15.3. The lowest BCUT2D eigenvalue weighted by Gasteiger charge is -2.50. The van der Waals surface area contributed by atoms with E-state index in [-0.39, 0.29) is 0 Å². The number of anilines is 1. The van der Waals surface area contributed by atoms with E-state index in [1.54, 1.807) is 0 Å². The van der Waals surface area contributed by atoms with Gasteiger partial charge in [0.1, 0.15) is 11.5 Å². The van der Waals surface area contributed by atoms with E-state index in [9.17, 15) is 0 Å². The second kappa shape index (κ2) is 5.60. The lowest BCUT2D eigenvalue weighted by atomic mass is 9.60. The Kier molecular flexibility index (Phi) is 3.56. The number of piperidine rings is 1. The third kappa shape index (κ3) is 2.72. The molecule has 4 rings (SSSR count). The molecule has 23 heavy (non-hydrogen) atoms. The minimum Gasteiger partial charge on any atom is -0.366 e. The van der Waals surface area contributed by atoms with Crippen LogP contribution in [0.4, 0.5) is 5.82 Å². The van der Waals surface area contributed by atoms with Gasteiger partial charge in [-0.25, -0.2) is 0 Å². The topological polar surface area (TPSA) is 67.7 Å². The number of nitrogens with one attached hydrogen (secondary N) is 2. The van der Waals surface area contributed by atoms with E-state index in [1.165, 1.54) is 38.8 Å². The second-order valence-corrected chi connectivity index (χ2v) is 7.10. The van der Waals surface area contributed by atoms with Gasteiger partial charge in [0.15, 0.2) is 0 Å². The molecule has 6 nitrogen and oxygen atoms in total. The molecule has 2 fully saturated rings. The Morgan fingerprint density at radius 3 is 2.61 bits per heavy atom. The smallest absolute Gasteiger partial charge is 0.148 e. The Morgan fingerprint density at radius 1 is 1.22 bits per heavy atom. The van der Waals surface area contributed by atoms with Crippen molar-refractivity contribution in [3.63, 3.8) is 0 Å². The lowest BCUT2D eigenvalue weighted by molar-refractivity contribution is 0.0717. The summed E-state index contributed by atoms with van der Waals surface area (Å²) in [5.74, 6) is 0.877. The molecule has 0 unspecified atom stereocenters. The maximum atomic E-state index is 4.37. The average molecular weight is 312 g/mol. The van der Waals surface area contributed by atoms with Gasteiger partial charge < -0.3 is 10.6 Å². The standard InChI is InChI=1S/C17H24N6/c1-12-11-19-23(2)16(12)14-3-4-15(22-21-14)20-13-9-17(10-13)5-7-18-8-6-17/h3-4,11,13,18H,5-10H2,1-2H3,(H,20,22). The Balaban J connectivity index is 1.40. The molecule has 0 bridgehead atoms. The van der Waals surface area contributed by atoms with Gasteiger partial charge in [0.2, 0.25) is 0 Å². The van der Waals surface area contributed by atoms with Crippen molar-refractivity contribution in [1.82, 2.24) is 25.3 Å². The van der Waals surface area contributed by atoms with Crippen LogP contribution in [0.1, 0.15) is 31.2 Å². The van der Waals surface area contributed by atoms with Crippen molar-refractivity contribution in [2.45, 2.75) is 38.6 Å². The van der Waals surface area contributed by atoms with Crippen LogP contribution < -0.4 is 10.6 Å². The van der Waals surface area contributed by atoms with E-state index in [4.69, 9.17) is 0 Å². The van der Waals surface area contributed by atoms with E-state index in [2.05, 4.69) is 25.9 Å². The lowest BCUT2D eigenvalue weighted by Crippen LogP contribution is -2.50. The van der Waals surface area contributed by atoms with Crippen LogP contribution >= 0.6 is 0 Å². The molecular weight excluding hydrogens is 288 g/mol. The van der Waals surface area contributed by atoms with Gasteiger partial charge in [-0.15, -0.1) is 10.2 Å². The van der Waals surface area contributed by atoms with Crippen LogP contribution in [0.3, 0.4) is 0 Å². The highest BCUT2D eigenvalue weighted by molar-refractivity contribution is 5.59. The first-order valence-electron chi connectivity index (χ1n) is 8.45. The summed E-state index contributed by atoms with van der Waals surface area (Å²) >= 11 is 0. The molecule has 2 aromatic rings. The summed E-state index contributed by atoms with van der Waals surface area (Å²) in [6, 6.07) is 4.60. The fraction of sp³-hybridized carbons (Fsp3) is 0.588. The minimum absolute atomic E-state index is 0.548.